The monoisotopic (exact) mass is 284 g/mol. The average molecular weight is 285 g/mol. The molecule has 0 spiro atoms. The smallest absolute Gasteiger partial charge is 0.308 e. The summed E-state index contributed by atoms with van der Waals surface area (Å²) in [6.45, 7) is 2.27. The van der Waals surface area contributed by atoms with Crippen LogP contribution in [0.3, 0.4) is 0 Å². The number of aromatic nitrogens is 2. The molecule has 0 aliphatic heterocycles. The first-order valence-electron chi connectivity index (χ1n) is 6.51. The van der Waals surface area contributed by atoms with Gasteiger partial charge in [0.05, 0.1) is 12.5 Å². The van der Waals surface area contributed by atoms with Gasteiger partial charge in [-0.3, -0.25) is 4.79 Å². The van der Waals surface area contributed by atoms with Gasteiger partial charge in [0.25, 0.3) is 0 Å². The third kappa shape index (κ3) is 4.06. The zero-order valence-corrected chi connectivity index (χ0v) is 11.6. The zero-order chi connectivity index (χ0) is 13.7. The molecule has 1 aliphatic carbocycles. The highest BCUT2D eigenvalue weighted by atomic mass is 35.5. The van der Waals surface area contributed by atoms with Crippen LogP contribution >= 0.6 is 11.6 Å². The molecule has 0 bridgehead atoms. The predicted molar refractivity (Wildman–Crippen MR) is 70.0 cm³/mol. The van der Waals surface area contributed by atoms with Gasteiger partial charge in [-0.25, -0.2) is 0 Å². The highest BCUT2D eigenvalue weighted by molar-refractivity contribution is 6.29. The minimum Gasteiger partial charge on any atom is -0.473 e. The Bertz CT molecular complexity index is 416. The van der Waals surface area contributed by atoms with Crippen molar-refractivity contribution in [2.24, 2.45) is 5.92 Å². The highest BCUT2D eigenvalue weighted by Gasteiger charge is 2.28. The van der Waals surface area contributed by atoms with E-state index in [1.165, 1.54) is 0 Å². The van der Waals surface area contributed by atoms with Crippen LogP contribution in [0.4, 0.5) is 0 Å². The molecule has 0 aromatic carbocycles. The van der Waals surface area contributed by atoms with Gasteiger partial charge in [-0.1, -0.05) is 11.6 Å². The van der Waals surface area contributed by atoms with Crippen molar-refractivity contribution in [1.82, 2.24) is 10.2 Å². The zero-order valence-electron chi connectivity index (χ0n) is 10.8. The lowest BCUT2D eigenvalue weighted by Crippen LogP contribution is -2.29. The van der Waals surface area contributed by atoms with E-state index in [2.05, 4.69) is 10.2 Å². The van der Waals surface area contributed by atoms with Crippen molar-refractivity contribution in [3.05, 3.63) is 17.3 Å². The van der Waals surface area contributed by atoms with Gasteiger partial charge in [0.15, 0.2) is 5.15 Å². The predicted octanol–water partition coefficient (Wildman–Crippen LogP) is 2.63. The van der Waals surface area contributed by atoms with Crippen molar-refractivity contribution < 1.29 is 14.3 Å². The summed E-state index contributed by atoms with van der Waals surface area (Å²) in [6.07, 6.45) is 3.33. The normalized spacial score (nSPS) is 22.8. The van der Waals surface area contributed by atoms with Gasteiger partial charge in [-0.15, -0.1) is 10.2 Å². The summed E-state index contributed by atoms with van der Waals surface area (Å²) in [5, 5.41) is 7.93. The Morgan fingerprint density at radius 2 is 2.05 bits per heavy atom. The molecule has 1 aliphatic rings. The Balaban J connectivity index is 1.80. The van der Waals surface area contributed by atoms with E-state index >= 15 is 0 Å². The Hall–Kier alpha value is -1.36. The Kier molecular flexibility index (Phi) is 4.96. The molecule has 0 atom stereocenters. The molecular formula is C13H17ClN2O3. The molecule has 0 saturated heterocycles. The van der Waals surface area contributed by atoms with Crippen LogP contribution in [0.5, 0.6) is 5.88 Å². The van der Waals surface area contributed by atoms with Gasteiger partial charge >= 0.3 is 5.97 Å². The number of hydrogen-bond donors (Lipinski definition) is 0. The van der Waals surface area contributed by atoms with E-state index in [9.17, 15) is 4.79 Å². The molecule has 1 heterocycles. The molecule has 0 N–H and O–H groups in total. The molecule has 104 valence electrons. The fourth-order valence-electron chi connectivity index (χ4n) is 2.21. The number of rotatable bonds is 4. The molecule has 1 aromatic rings. The fourth-order valence-corrected chi connectivity index (χ4v) is 2.31. The first kappa shape index (κ1) is 14.1. The van der Waals surface area contributed by atoms with Crippen molar-refractivity contribution in [1.29, 1.82) is 0 Å². The van der Waals surface area contributed by atoms with Crippen molar-refractivity contribution in [3.8, 4) is 5.88 Å². The Labute approximate surface area is 117 Å². The van der Waals surface area contributed by atoms with Gasteiger partial charge < -0.3 is 9.47 Å². The number of carbonyl (C=O) groups excluding carboxylic acids is 1. The SMILES string of the molecule is CCOC(=O)C1CCC(Oc2ccc(Cl)nn2)CC1. The van der Waals surface area contributed by atoms with Crippen LogP contribution in [0, 0.1) is 5.92 Å². The molecule has 2 rings (SSSR count). The summed E-state index contributed by atoms with van der Waals surface area (Å²) < 4.78 is 10.7. The van der Waals surface area contributed by atoms with Crippen LogP contribution in [-0.2, 0) is 9.53 Å². The summed E-state index contributed by atoms with van der Waals surface area (Å²) in [4.78, 5) is 11.6. The standard InChI is InChI=1S/C13H17ClN2O3/c1-2-18-13(17)9-3-5-10(6-4-9)19-12-8-7-11(14)15-16-12/h7-10H,2-6H2,1H3. The van der Waals surface area contributed by atoms with Crippen molar-refractivity contribution in [3.63, 3.8) is 0 Å². The lowest BCUT2D eigenvalue weighted by Gasteiger charge is -2.27. The molecule has 1 aromatic heterocycles. The van der Waals surface area contributed by atoms with Crippen LogP contribution in [0.1, 0.15) is 32.6 Å². The molecule has 1 saturated carbocycles. The van der Waals surface area contributed by atoms with Crippen LogP contribution in [0.2, 0.25) is 5.15 Å². The third-order valence-electron chi connectivity index (χ3n) is 3.19. The number of nitrogens with zero attached hydrogens (tertiary/aromatic N) is 2. The van der Waals surface area contributed by atoms with E-state index in [0.717, 1.165) is 25.7 Å². The second kappa shape index (κ2) is 6.70. The molecular weight excluding hydrogens is 268 g/mol. The van der Waals surface area contributed by atoms with Gasteiger partial charge in [-0.2, -0.15) is 0 Å². The summed E-state index contributed by atoms with van der Waals surface area (Å²) >= 11 is 5.66. The molecule has 0 unspecified atom stereocenters. The lowest BCUT2D eigenvalue weighted by atomic mass is 9.87. The number of esters is 1. The van der Waals surface area contributed by atoms with E-state index in [-0.39, 0.29) is 18.0 Å². The molecule has 0 radical (unpaired) electrons. The molecule has 1 fully saturated rings. The largest absolute Gasteiger partial charge is 0.473 e. The maximum absolute atomic E-state index is 11.6. The van der Waals surface area contributed by atoms with Gasteiger partial charge in [-0.05, 0) is 38.7 Å². The van der Waals surface area contributed by atoms with Gasteiger partial charge in [0, 0.05) is 6.07 Å². The first-order valence-corrected chi connectivity index (χ1v) is 6.89. The minimum atomic E-state index is -0.0905. The second-order valence-corrected chi connectivity index (χ2v) is 4.93. The topological polar surface area (TPSA) is 61.3 Å². The molecule has 6 heteroatoms. The summed E-state index contributed by atoms with van der Waals surface area (Å²) in [5.74, 6) is 0.396. The Morgan fingerprint density at radius 3 is 2.63 bits per heavy atom. The Morgan fingerprint density at radius 1 is 1.32 bits per heavy atom. The summed E-state index contributed by atoms with van der Waals surface area (Å²) in [7, 11) is 0. The summed E-state index contributed by atoms with van der Waals surface area (Å²) in [6, 6.07) is 3.35. The van der Waals surface area contributed by atoms with E-state index in [1.54, 1.807) is 12.1 Å². The lowest BCUT2D eigenvalue weighted by molar-refractivity contribution is -0.149. The van der Waals surface area contributed by atoms with Crippen LogP contribution in [-0.4, -0.2) is 28.9 Å². The van der Waals surface area contributed by atoms with Gasteiger partial charge in [0.1, 0.15) is 6.10 Å². The average Bonchev–Trinajstić information content (AvgIpc) is 2.42. The molecule has 19 heavy (non-hydrogen) atoms. The van der Waals surface area contributed by atoms with Crippen molar-refractivity contribution in [2.45, 2.75) is 38.7 Å². The van der Waals surface area contributed by atoms with Crippen molar-refractivity contribution >= 4 is 17.6 Å². The number of hydrogen-bond acceptors (Lipinski definition) is 5. The van der Waals surface area contributed by atoms with E-state index < -0.39 is 0 Å². The number of ether oxygens (including phenoxy) is 2. The minimum absolute atomic E-state index is 0.0103. The van der Waals surface area contributed by atoms with E-state index in [0.29, 0.717) is 17.6 Å². The summed E-state index contributed by atoms with van der Waals surface area (Å²) in [5.41, 5.74) is 0. The third-order valence-corrected chi connectivity index (χ3v) is 3.39. The maximum atomic E-state index is 11.6. The molecule has 0 amide bonds. The maximum Gasteiger partial charge on any atom is 0.308 e. The van der Waals surface area contributed by atoms with E-state index in [1.807, 2.05) is 6.92 Å². The fraction of sp³-hybridized carbons (Fsp3) is 0.615. The first-order chi connectivity index (χ1) is 9.19. The molecule has 5 nitrogen and oxygen atoms in total. The quantitative estimate of drug-likeness (QED) is 0.796. The second-order valence-electron chi connectivity index (χ2n) is 4.54. The van der Waals surface area contributed by atoms with Crippen molar-refractivity contribution in [2.75, 3.05) is 6.61 Å². The van der Waals surface area contributed by atoms with Crippen LogP contribution < -0.4 is 4.74 Å². The number of halogens is 1. The van der Waals surface area contributed by atoms with Crippen LogP contribution in [0.25, 0.3) is 0 Å². The number of carbonyl (C=O) groups is 1. The van der Waals surface area contributed by atoms with E-state index in [4.69, 9.17) is 21.1 Å². The van der Waals surface area contributed by atoms with Crippen LogP contribution in [0.15, 0.2) is 12.1 Å². The highest BCUT2D eigenvalue weighted by Crippen LogP contribution is 2.27. The van der Waals surface area contributed by atoms with Gasteiger partial charge in [0.2, 0.25) is 5.88 Å².